The lowest BCUT2D eigenvalue weighted by Gasteiger charge is -2.28. The molecule has 1 saturated heterocycles. The van der Waals surface area contributed by atoms with E-state index in [0.717, 1.165) is 0 Å². The number of anilines is 2. The number of hydrogen-bond acceptors (Lipinski definition) is 9. The van der Waals surface area contributed by atoms with Gasteiger partial charge in [-0.05, 0) is 0 Å². The lowest BCUT2D eigenvalue weighted by atomic mass is 10.1. The summed E-state index contributed by atoms with van der Waals surface area (Å²) in [5, 5.41) is 10.3. The highest BCUT2D eigenvalue weighted by Gasteiger charge is 2.30. The van der Waals surface area contributed by atoms with Crippen LogP contribution in [0.5, 0.6) is 0 Å². The molecular weight excluding hydrogens is 287 g/mol. The number of imidazole rings is 1. The molecule has 1 unspecified atom stereocenters. The molecule has 11 heteroatoms. The van der Waals surface area contributed by atoms with Gasteiger partial charge < -0.3 is 30.5 Å². The van der Waals surface area contributed by atoms with Crippen molar-refractivity contribution in [3.8, 4) is 0 Å². The Morgan fingerprint density at radius 1 is 1.35 bits per heavy atom. The SMILES string of the molecule is Nc1nc(N)c2ncn(C(O)C3COP(O)OC3)c2n1. The molecule has 0 spiro atoms. The number of aliphatic hydroxyl groups excluding tert-OH is 1. The molecule has 2 aromatic heterocycles. The molecule has 108 valence electrons. The van der Waals surface area contributed by atoms with E-state index < -0.39 is 14.8 Å². The number of aliphatic hydroxyl groups is 1. The van der Waals surface area contributed by atoms with E-state index in [2.05, 4.69) is 15.0 Å². The highest BCUT2D eigenvalue weighted by atomic mass is 31.2. The molecule has 1 aliphatic rings. The number of nitrogens with two attached hydrogens (primary N) is 2. The van der Waals surface area contributed by atoms with Crippen LogP contribution in [0.15, 0.2) is 6.33 Å². The first-order chi connectivity index (χ1) is 9.56. The van der Waals surface area contributed by atoms with Gasteiger partial charge in [0.1, 0.15) is 11.7 Å². The van der Waals surface area contributed by atoms with Gasteiger partial charge in [0.2, 0.25) is 5.95 Å². The molecule has 3 heterocycles. The van der Waals surface area contributed by atoms with Crippen molar-refractivity contribution in [2.24, 2.45) is 5.92 Å². The summed E-state index contributed by atoms with van der Waals surface area (Å²) in [6.07, 6.45) is 0.410. The molecule has 0 radical (unpaired) electrons. The van der Waals surface area contributed by atoms with E-state index in [1.807, 2.05) is 0 Å². The van der Waals surface area contributed by atoms with Crippen LogP contribution in [0, 0.1) is 5.92 Å². The first-order valence-corrected chi connectivity index (χ1v) is 6.87. The zero-order valence-electron chi connectivity index (χ0n) is 10.2. The Labute approximate surface area is 114 Å². The normalized spacial score (nSPS) is 24.9. The standard InChI is InChI=1S/C9H13N6O4P/c10-6-5-7(14-9(11)13-6)15(3-12-5)8(16)4-1-18-20(17)19-2-4/h3-4,8,16-17H,1-2H2,(H4,10,11,13,14). The quantitative estimate of drug-likeness (QED) is 0.530. The Kier molecular flexibility index (Phi) is 3.40. The van der Waals surface area contributed by atoms with Gasteiger partial charge in [-0.3, -0.25) is 4.57 Å². The van der Waals surface area contributed by atoms with Crippen LogP contribution in [0.2, 0.25) is 0 Å². The summed E-state index contributed by atoms with van der Waals surface area (Å²) in [7, 11) is -1.85. The van der Waals surface area contributed by atoms with E-state index in [0.29, 0.717) is 11.2 Å². The third kappa shape index (κ3) is 2.28. The third-order valence-corrected chi connectivity index (χ3v) is 3.71. The van der Waals surface area contributed by atoms with Gasteiger partial charge in [0.25, 0.3) is 0 Å². The number of nitrogen functional groups attached to an aromatic ring is 2. The molecule has 10 nitrogen and oxygen atoms in total. The maximum Gasteiger partial charge on any atom is 0.329 e. The largest absolute Gasteiger partial charge is 0.382 e. The highest BCUT2D eigenvalue weighted by molar-refractivity contribution is 7.40. The molecule has 1 aliphatic heterocycles. The summed E-state index contributed by atoms with van der Waals surface area (Å²) < 4.78 is 11.4. The van der Waals surface area contributed by atoms with E-state index in [1.54, 1.807) is 0 Å². The molecular formula is C9H13N6O4P. The number of nitrogens with zero attached hydrogens (tertiary/aromatic N) is 4. The molecule has 0 bridgehead atoms. The second kappa shape index (κ2) is 5.08. The van der Waals surface area contributed by atoms with Crippen molar-refractivity contribution in [2.75, 3.05) is 24.7 Å². The Hall–Kier alpha value is -1.58. The Morgan fingerprint density at radius 2 is 2.05 bits per heavy atom. The second-order valence-corrected chi connectivity index (χ2v) is 5.29. The van der Waals surface area contributed by atoms with Gasteiger partial charge in [0.15, 0.2) is 11.5 Å². The Bertz CT molecular complexity index is 628. The molecule has 3 rings (SSSR count). The van der Waals surface area contributed by atoms with E-state index in [9.17, 15) is 5.11 Å². The lowest BCUT2D eigenvalue weighted by Crippen LogP contribution is -2.29. The maximum absolute atomic E-state index is 10.3. The summed E-state index contributed by atoms with van der Waals surface area (Å²) in [6.45, 7) is 0.332. The Morgan fingerprint density at radius 3 is 2.75 bits per heavy atom. The van der Waals surface area contributed by atoms with Gasteiger partial charge in [0, 0.05) is 0 Å². The predicted octanol–water partition coefficient (Wildman–Crippen LogP) is -0.636. The van der Waals surface area contributed by atoms with Crippen LogP contribution in [-0.2, 0) is 9.05 Å². The third-order valence-electron chi connectivity index (χ3n) is 2.97. The van der Waals surface area contributed by atoms with E-state index in [-0.39, 0.29) is 30.9 Å². The minimum absolute atomic E-state index is 0.000951. The fraction of sp³-hybridized carbons (Fsp3) is 0.444. The van der Waals surface area contributed by atoms with E-state index in [1.165, 1.54) is 10.9 Å². The van der Waals surface area contributed by atoms with Crippen LogP contribution in [0.3, 0.4) is 0 Å². The molecule has 1 fully saturated rings. The molecule has 2 aromatic rings. The molecule has 0 saturated carbocycles. The first-order valence-electron chi connectivity index (χ1n) is 5.74. The topological polar surface area (TPSA) is 155 Å². The van der Waals surface area contributed by atoms with Crippen LogP contribution >= 0.6 is 8.60 Å². The number of fused-ring (bicyclic) bond motifs is 1. The van der Waals surface area contributed by atoms with Crippen LogP contribution in [0.1, 0.15) is 6.23 Å². The molecule has 20 heavy (non-hydrogen) atoms. The van der Waals surface area contributed by atoms with Gasteiger partial charge in [-0.15, -0.1) is 0 Å². The smallest absolute Gasteiger partial charge is 0.329 e. The van der Waals surface area contributed by atoms with Crippen molar-refractivity contribution in [1.29, 1.82) is 0 Å². The molecule has 1 atom stereocenters. The average Bonchev–Trinajstić information content (AvgIpc) is 2.82. The fourth-order valence-electron chi connectivity index (χ4n) is 1.95. The van der Waals surface area contributed by atoms with E-state index >= 15 is 0 Å². The van der Waals surface area contributed by atoms with Crippen molar-refractivity contribution in [2.45, 2.75) is 6.23 Å². The monoisotopic (exact) mass is 300 g/mol. The van der Waals surface area contributed by atoms with Gasteiger partial charge in [-0.2, -0.15) is 9.97 Å². The van der Waals surface area contributed by atoms with Crippen LogP contribution in [0.4, 0.5) is 11.8 Å². The molecule has 0 aliphatic carbocycles. The van der Waals surface area contributed by atoms with Gasteiger partial charge in [-0.25, -0.2) is 4.98 Å². The van der Waals surface area contributed by atoms with E-state index in [4.69, 9.17) is 25.4 Å². The second-order valence-electron chi connectivity index (χ2n) is 4.29. The number of aromatic nitrogens is 4. The highest BCUT2D eigenvalue weighted by Crippen LogP contribution is 2.40. The molecule has 0 aromatic carbocycles. The summed E-state index contributed by atoms with van der Waals surface area (Å²) in [5.74, 6) is -0.219. The van der Waals surface area contributed by atoms with Crippen molar-refractivity contribution < 1.29 is 19.0 Å². The van der Waals surface area contributed by atoms with Gasteiger partial charge >= 0.3 is 8.60 Å². The zero-order chi connectivity index (χ0) is 14.3. The minimum atomic E-state index is -1.85. The molecule has 6 N–H and O–H groups in total. The summed E-state index contributed by atoms with van der Waals surface area (Å²) in [5.41, 5.74) is 11.9. The number of rotatable bonds is 2. The minimum Gasteiger partial charge on any atom is -0.382 e. The lowest BCUT2D eigenvalue weighted by molar-refractivity contribution is -0.0281. The van der Waals surface area contributed by atoms with Crippen molar-refractivity contribution in [3.63, 3.8) is 0 Å². The summed E-state index contributed by atoms with van der Waals surface area (Å²) in [6, 6.07) is 0. The maximum atomic E-state index is 10.3. The van der Waals surface area contributed by atoms with Crippen molar-refractivity contribution in [1.82, 2.24) is 19.5 Å². The van der Waals surface area contributed by atoms with Crippen LogP contribution in [0.25, 0.3) is 11.2 Å². The Balaban J connectivity index is 1.93. The summed E-state index contributed by atoms with van der Waals surface area (Å²) >= 11 is 0. The number of hydrogen-bond donors (Lipinski definition) is 4. The first kappa shape index (κ1) is 13.4. The predicted molar refractivity (Wildman–Crippen MR) is 69.9 cm³/mol. The van der Waals surface area contributed by atoms with Crippen LogP contribution < -0.4 is 11.5 Å². The van der Waals surface area contributed by atoms with Crippen LogP contribution in [-0.4, -0.2) is 42.7 Å². The zero-order valence-corrected chi connectivity index (χ0v) is 11.1. The van der Waals surface area contributed by atoms with Crippen molar-refractivity contribution in [3.05, 3.63) is 6.33 Å². The van der Waals surface area contributed by atoms with Gasteiger partial charge in [0.05, 0.1) is 25.5 Å². The van der Waals surface area contributed by atoms with Crippen molar-refractivity contribution >= 4 is 31.5 Å². The van der Waals surface area contributed by atoms with Gasteiger partial charge in [-0.1, -0.05) is 0 Å². The molecule has 0 amide bonds. The summed E-state index contributed by atoms with van der Waals surface area (Å²) in [4.78, 5) is 21.0. The fourth-order valence-corrected chi connectivity index (χ4v) is 2.67. The average molecular weight is 300 g/mol.